The van der Waals surface area contributed by atoms with Gasteiger partial charge in [-0.05, 0) is 48.8 Å². The molecule has 2 heteroatoms. The summed E-state index contributed by atoms with van der Waals surface area (Å²) in [6.45, 7) is 3.52. The van der Waals surface area contributed by atoms with Gasteiger partial charge in [0.1, 0.15) is 0 Å². The molecule has 1 aromatic rings. The van der Waals surface area contributed by atoms with E-state index in [9.17, 15) is 0 Å². The van der Waals surface area contributed by atoms with Crippen molar-refractivity contribution in [3.05, 3.63) is 34.9 Å². The van der Waals surface area contributed by atoms with Gasteiger partial charge in [0.05, 0.1) is 0 Å². The molecule has 20 heavy (non-hydrogen) atoms. The largest absolute Gasteiger partial charge is 0.296 e. The third-order valence-electron chi connectivity index (χ3n) is 5.48. The molecule has 2 heterocycles. The molecule has 1 unspecified atom stereocenters. The first-order chi connectivity index (χ1) is 9.90. The van der Waals surface area contributed by atoms with Crippen molar-refractivity contribution in [1.29, 1.82) is 0 Å². The summed E-state index contributed by atoms with van der Waals surface area (Å²) in [6, 6.07) is 8.57. The van der Waals surface area contributed by atoms with Gasteiger partial charge in [-0.1, -0.05) is 31.0 Å². The Hall–Kier alpha value is -0.860. The molecule has 2 nitrogen and oxygen atoms in total. The minimum absolute atomic E-state index is 0.485. The maximum Gasteiger partial charge on any atom is 0.0495 e. The Balaban J connectivity index is 1.50. The van der Waals surface area contributed by atoms with E-state index < -0.39 is 0 Å². The van der Waals surface area contributed by atoms with Crippen LogP contribution in [-0.2, 0) is 13.0 Å². The van der Waals surface area contributed by atoms with Gasteiger partial charge in [-0.25, -0.2) is 5.32 Å². The van der Waals surface area contributed by atoms with Crippen molar-refractivity contribution in [2.24, 2.45) is 0 Å². The summed E-state index contributed by atoms with van der Waals surface area (Å²) in [4.78, 5) is 2.70. The smallest absolute Gasteiger partial charge is 0.0495 e. The van der Waals surface area contributed by atoms with Crippen molar-refractivity contribution >= 4 is 0 Å². The lowest BCUT2D eigenvalue weighted by Crippen LogP contribution is -2.43. The molecule has 107 valence electrons. The number of hydrogen-bond donors (Lipinski definition) is 0. The minimum atomic E-state index is 0.485. The molecule has 2 fully saturated rings. The van der Waals surface area contributed by atoms with Gasteiger partial charge in [-0.3, -0.25) is 4.90 Å². The Morgan fingerprint density at radius 3 is 2.70 bits per heavy atom. The van der Waals surface area contributed by atoms with E-state index >= 15 is 0 Å². The van der Waals surface area contributed by atoms with Gasteiger partial charge in [0, 0.05) is 31.7 Å². The Kier molecular flexibility index (Phi) is 3.53. The van der Waals surface area contributed by atoms with Gasteiger partial charge in [-0.15, -0.1) is 0 Å². The summed E-state index contributed by atoms with van der Waals surface area (Å²) in [5, 5.41) is 4.80. The molecular weight excluding hydrogens is 244 g/mol. The summed E-state index contributed by atoms with van der Waals surface area (Å²) >= 11 is 0. The summed E-state index contributed by atoms with van der Waals surface area (Å²) in [5.74, 6) is 0. The van der Waals surface area contributed by atoms with Gasteiger partial charge < -0.3 is 0 Å². The highest BCUT2D eigenvalue weighted by atomic mass is 15.2. The highest BCUT2D eigenvalue weighted by Crippen LogP contribution is 2.32. The normalized spacial score (nSPS) is 27.9. The first-order valence-electron chi connectivity index (χ1n) is 8.42. The first-order valence-corrected chi connectivity index (χ1v) is 8.42. The van der Waals surface area contributed by atoms with E-state index in [0.717, 1.165) is 12.6 Å². The average Bonchev–Trinajstić information content (AvgIpc) is 2.46. The van der Waals surface area contributed by atoms with Crippen molar-refractivity contribution in [2.75, 3.05) is 13.1 Å². The summed E-state index contributed by atoms with van der Waals surface area (Å²) in [5.41, 5.74) is 4.64. The minimum Gasteiger partial charge on any atom is -0.296 e. The molecule has 1 atom stereocenters. The van der Waals surface area contributed by atoms with Crippen LogP contribution in [0.4, 0.5) is 0 Å². The topological polar surface area (TPSA) is 17.3 Å². The van der Waals surface area contributed by atoms with Crippen LogP contribution >= 0.6 is 0 Å². The lowest BCUT2D eigenvalue weighted by molar-refractivity contribution is 0.113. The maximum absolute atomic E-state index is 4.80. The standard InChI is InChI=1S/C18H25N2/c1-2-10-19-18(6-1)15-7-8-16-13-20(17-4-3-5-17)11-9-14(16)12-15/h7-8,12,17-18H,1-6,9-11,13H2. The zero-order valence-electron chi connectivity index (χ0n) is 12.4. The van der Waals surface area contributed by atoms with Crippen LogP contribution in [0.3, 0.4) is 0 Å². The fourth-order valence-corrected chi connectivity index (χ4v) is 3.93. The van der Waals surface area contributed by atoms with Gasteiger partial charge in [0.2, 0.25) is 0 Å². The fourth-order valence-electron chi connectivity index (χ4n) is 3.93. The van der Waals surface area contributed by atoms with E-state index in [1.807, 2.05) is 0 Å². The van der Waals surface area contributed by atoms with E-state index in [0.29, 0.717) is 6.04 Å². The molecule has 1 saturated heterocycles. The number of rotatable bonds is 2. The van der Waals surface area contributed by atoms with Gasteiger partial charge in [-0.2, -0.15) is 0 Å². The van der Waals surface area contributed by atoms with Crippen LogP contribution in [0.2, 0.25) is 0 Å². The van der Waals surface area contributed by atoms with Gasteiger partial charge >= 0.3 is 0 Å². The van der Waals surface area contributed by atoms with Gasteiger partial charge in [0.15, 0.2) is 0 Å². The van der Waals surface area contributed by atoms with Crippen molar-refractivity contribution in [1.82, 2.24) is 10.2 Å². The molecule has 0 aromatic heterocycles. The zero-order valence-corrected chi connectivity index (χ0v) is 12.4. The zero-order chi connectivity index (χ0) is 13.4. The molecule has 0 amide bonds. The van der Waals surface area contributed by atoms with Crippen LogP contribution in [0.1, 0.15) is 61.3 Å². The van der Waals surface area contributed by atoms with Gasteiger partial charge in [0.25, 0.3) is 0 Å². The third-order valence-corrected chi connectivity index (χ3v) is 5.48. The van der Waals surface area contributed by atoms with Crippen molar-refractivity contribution in [2.45, 2.75) is 63.6 Å². The van der Waals surface area contributed by atoms with Crippen LogP contribution in [0.5, 0.6) is 0 Å². The highest BCUT2D eigenvalue weighted by Gasteiger charge is 2.28. The lowest BCUT2D eigenvalue weighted by Gasteiger charge is -2.40. The van der Waals surface area contributed by atoms with Crippen LogP contribution < -0.4 is 5.32 Å². The van der Waals surface area contributed by atoms with E-state index in [1.54, 1.807) is 11.1 Å². The fraction of sp³-hybridized carbons (Fsp3) is 0.667. The molecule has 0 N–H and O–H groups in total. The third kappa shape index (κ3) is 2.40. The molecule has 1 radical (unpaired) electrons. The van der Waals surface area contributed by atoms with Crippen LogP contribution in [-0.4, -0.2) is 24.0 Å². The lowest BCUT2D eigenvalue weighted by atomic mass is 9.87. The monoisotopic (exact) mass is 269 g/mol. The highest BCUT2D eigenvalue weighted by molar-refractivity contribution is 5.35. The predicted molar refractivity (Wildman–Crippen MR) is 81.8 cm³/mol. The molecular formula is C18H25N2. The number of hydrogen-bond acceptors (Lipinski definition) is 1. The Morgan fingerprint density at radius 2 is 1.95 bits per heavy atom. The van der Waals surface area contributed by atoms with E-state index in [1.165, 1.54) is 63.6 Å². The Morgan fingerprint density at radius 1 is 1.00 bits per heavy atom. The van der Waals surface area contributed by atoms with Crippen LogP contribution in [0, 0.1) is 0 Å². The Labute approximate surface area is 122 Å². The molecule has 0 bridgehead atoms. The van der Waals surface area contributed by atoms with Crippen molar-refractivity contribution in [3.63, 3.8) is 0 Å². The van der Waals surface area contributed by atoms with Crippen LogP contribution in [0.15, 0.2) is 18.2 Å². The second-order valence-corrected chi connectivity index (χ2v) is 6.75. The molecule has 4 rings (SSSR count). The van der Waals surface area contributed by atoms with E-state index in [-0.39, 0.29) is 0 Å². The first kappa shape index (κ1) is 12.8. The van der Waals surface area contributed by atoms with E-state index in [2.05, 4.69) is 23.1 Å². The summed E-state index contributed by atoms with van der Waals surface area (Å²) in [6.07, 6.45) is 9.43. The summed E-state index contributed by atoms with van der Waals surface area (Å²) < 4.78 is 0. The Bertz CT molecular complexity index is 472. The molecule has 1 saturated carbocycles. The number of nitrogens with zero attached hydrogens (tertiary/aromatic N) is 2. The molecule has 3 aliphatic rings. The SMILES string of the molecule is c1cc2c(cc1C1CCCC[N]1)CCN(C1CCC1)C2. The molecule has 1 aromatic carbocycles. The van der Waals surface area contributed by atoms with Crippen molar-refractivity contribution < 1.29 is 0 Å². The van der Waals surface area contributed by atoms with Crippen LogP contribution in [0.25, 0.3) is 0 Å². The molecule has 1 aliphatic carbocycles. The summed E-state index contributed by atoms with van der Waals surface area (Å²) in [7, 11) is 0. The molecule has 2 aliphatic heterocycles. The predicted octanol–water partition coefficient (Wildman–Crippen LogP) is 3.43. The second-order valence-electron chi connectivity index (χ2n) is 6.75. The number of fused-ring (bicyclic) bond motifs is 1. The number of piperidine rings is 1. The molecule has 0 spiro atoms. The van der Waals surface area contributed by atoms with E-state index in [4.69, 9.17) is 5.32 Å². The second kappa shape index (κ2) is 5.50. The van der Waals surface area contributed by atoms with Crippen molar-refractivity contribution in [3.8, 4) is 0 Å². The number of benzene rings is 1. The average molecular weight is 269 g/mol. The maximum atomic E-state index is 4.80. The quantitative estimate of drug-likeness (QED) is 0.804.